The highest BCUT2D eigenvalue weighted by molar-refractivity contribution is 5.91. The molecule has 1 aromatic carbocycles. The van der Waals surface area contributed by atoms with Crippen molar-refractivity contribution >= 4 is 11.6 Å². The summed E-state index contributed by atoms with van der Waals surface area (Å²) in [5.74, 6) is 1.17. The van der Waals surface area contributed by atoms with Crippen LogP contribution in [0.1, 0.15) is 44.5 Å². The minimum absolute atomic E-state index is 0.0108. The molecule has 1 amide bonds. The highest BCUT2D eigenvalue weighted by atomic mass is 16.5. The maximum Gasteiger partial charge on any atom is 0.231 e. The van der Waals surface area contributed by atoms with Crippen LogP contribution in [-0.4, -0.2) is 16.0 Å². The number of para-hydroxylation sites is 1. The summed E-state index contributed by atoms with van der Waals surface area (Å²) >= 11 is 0. The van der Waals surface area contributed by atoms with E-state index in [1.807, 2.05) is 45.0 Å². The topological polar surface area (TPSA) is 68.0 Å². The minimum Gasteiger partial charge on any atom is -0.339 e. The number of hydrogen-bond donors (Lipinski definition) is 1. The number of nitrogens with zero attached hydrogens (tertiary/aromatic N) is 2. The Hall–Kier alpha value is -2.17. The molecule has 0 bridgehead atoms. The van der Waals surface area contributed by atoms with E-state index in [0.29, 0.717) is 24.6 Å². The van der Waals surface area contributed by atoms with E-state index in [4.69, 9.17) is 4.52 Å². The third-order valence-electron chi connectivity index (χ3n) is 2.89. The molecule has 0 atom stereocenters. The third-order valence-corrected chi connectivity index (χ3v) is 2.89. The van der Waals surface area contributed by atoms with Gasteiger partial charge in [0.25, 0.3) is 0 Å². The van der Waals surface area contributed by atoms with Gasteiger partial charge in [0.15, 0.2) is 5.82 Å². The van der Waals surface area contributed by atoms with Crippen LogP contribution in [0.5, 0.6) is 0 Å². The fourth-order valence-corrected chi connectivity index (χ4v) is 2.05. The molecule has 112 valence electrons. The Morgan fingerprint density at radius 2 is 2.00 bits per heavy atom. The standard InChI is InChI=1S/C16H21N3O2/c1-11-17-15(21-19-11)9-12-7-5-6-8-13(12)18-14(20)10-16(2,3)4/h5-8H,9-10H2,1-4H3,(H,18,20). The molecule has 0 aliphatic heterocycles. The molecule has 1 aromatic heterocycles. The molecule has 0 saturated heterocycles. The van der Waals surface area contributed by atoms with Crippen LogP contribution in [-0.2, 0) is 11.2 Å². The second kappa shape index (κ2) is 6.08. The second-order valence-corrected chi connectivity index (χ2v) is 6.35. The van der Waals surface area contributed by atoms with E-state index >= 15 is 0 Å². The summed E-state index contributed by atoms with van der Waals surface area (Å²) in [5, 5.41) is 6.74. The lowest BCUT2D eigenvalue weighted by atomic mass is 9.92. The molecule has 0 spiro atoms. The Labute approximate surface area is 124 Å². The number of nitrogens with one attached hydrogen (secondary N) is 1. The van der Waals surface area contributed by atoms with E-state index in [1.54, 1.807) is 6.92 Å². The summed E-state index contributed by atoms with van der Waals surface area (Å²) in [5.41, 5.74) is 1.72. The van der Waals surface area contributed by atoms with Gasteiger partial charge < -0.3 is 9.84 Å². The van der Waals surface area contributed by atoms with Gasteiger partial charge in [0.1, 0.15) is 0 Å². The van der Waals surface area contributed by atoms with Crippen LogP contribution in [0.2, 0.25) is 0 Å². The lowest BCUT2D eigenvalue weighted by molar-refractivity contribution is -0.117. The van der Waals surface area contributed by atoms with E-state index in [-0.39, 0.29) is 11.3 Å². The molecular formula is C16H21N3O2. The lowest BCUT2D eigenvalue weighted by Gasteiger charge is -2.18. The van der Waals surface area contributed by atoms with E-state index in [1.165, 1.54) is 0 Å². The van der Waals surface area contributed by atoms with Crippen molar-refractivity contribution in [2.24, 2.45) is 5.41 Å². The van der Waals surface area contributed by atoms with Crippen LogP contribution in [0.3, 0.4) is 0 Å². The second-order valence-electron chi connectivity index (χ2n) is 6.35. The Morgan fingerprint density at radius 3 is 2.62 bits per heavy atom. The number of aromatic nitrogens is 2. The molecule has 0 radical (unpaired) electrons. The molecule has 0 aliphatic rings. The molecule has 5 nitrogen and oxygen atoms in total. The van der Waals surface area contributed by atoms with Crippen LogP contribution in [0.25, 0.3) is 0 Å². The van der Waals surface area contributed by atoms with Gasteiger partial charge >= 0.3 is 0 Å². The predicted octanol–water partition coefficient (Wildman–Crippen LogP) is 3.34. The monoisotopic (exact) mass is 287 g/mol. The largest absolute Gasteiger partial charge is 0.339 e. The zero-order chi connectivity index (χ0) is 15.5. The fourth-order valence-electron chi connectivity index (χ4n) is 2.05. The Morgan fingerprint density at radius 1 is 1.29 bits per heavy atom. The zero-order valence-corrected chi connectivity index (χ0v) is 12.9. The quantitative estimate of drug-likeness (QED) is 0.936. The number of rotatable bonds is 4. The van der Waals surface area contributed by atoms with Gasteiger partial charge in [0.2, 0.25) is 11.8 Å². The van der Waals surface area contributed by atoms with Gasteiger partial charge in [-0.05, 0) is 24.0 Å². The van der Waals surface area contributed by atoms with Crippen LogP contribution < -0.4 is 5.32 Å². The van der Waals surface area contributed by atoms with Gasteiger partial charge in [-0.15, -0.1) is 0 Å². The minimum atomic E-state index is -0.0391. The highest BCUT2D eigenvalue weighted by Crippen LogP contribution is 2.22. The molecule has 2 aromatic rings. The van der Waals surface area contributed by atoms with Gasteiger partial charge in [-0.25, -0.2) is 0 Å². The molecule has 1 heterocycles. The van der Waals surface area contributed by atoms with Gasteiger partial charge in [0, 0.05) is 12.1 Å². The molecule has 0 aliphatic carbocycles. The SMILES string of the molecule is Cc1noc(Cc2ccccc2NC(=O)CC(C)(C)C)n1. The van der Waals surface area contributed by atoms with Crippen molar-refractivity contribution in [1.29, 1.82) is 0 Å². The van der Waals surface area contributed by atoms with Crippen molar-refractivity contribution in [2.75, 3.05) is 5.32 Å². The van der Waals surface area contributed by atoms with Crippen molar-refractivity contribution in [3.63, 3.8) is 0 Å². The van der Waals surface area contributed by atoms with E-state index in [2.05, 4.69) is 15.5 Å². The molecular weight excluding hydrogens is 266 g/mol. The molecule has 0 fully saturated rings. The van der Waals surface area contributed by atoms with Crippen LogP contribution in [0.4, 0.5) is 5.69 Å². The van der Waals surface area contributed by atoms with Gasteiger partial charge in [-0.2, -0.15) is 4.98 Å². The van der Waals surface area contributed by atoms with E-state index in [9.17, 15) is 4.79 Å². The maximum absolute atomic E-state index is 12.1. The zero-order valence-electron chi connectivity index (χ0n) is 12.9. The van der Waals surface area contributed by atoms with E-state index < -0.39 is 0 Å². The average molecular weight is 287 g/mol. The number of carbonyl (C=O) groups is 1. The summed E-state index contributed by atoms with van der Waals surface area (Å²) in [6.07, 6.45) is 0.980. The molecule has 21 heavy (non-hydrogen) atoms. The average Bonchev–Trinajstić information content (AvgIpc) is 2.75. The van der Waals surface area contributed by atoms with Crippen LogP contribution in [0, 0.1) is 12.3 Å². The normalized spacial score (nSPS) is 11.4. The summed E-state index contributed by atoms with van der Waals surface area (Å²) in [7, 11) is 0. The fraction of sp³-hybridized carbons (Fsp3) is 0.438. The van der Waals surface area contributed by atoms with Gasteiger partial charge in [0.05, 0.1) is 6.42 Å². The van der Waals surface area contributed by atoms with Crippen molar-refractivity contribution in [3.05, 3.63) is 41.5 Å². The first kappa shape index (κ1) is 15.2. The van der Waals surface area contributed by atoms with E-state index in [0.717, 1.165) is 11.3 Å². The maximum atomic E-state index is 12.1. The Kier molecular flexibility index (Phi) is 4.40. The molecule has 1 N–H and O–H groups in total. The summed E-state index contributed by atoms with van der Waals surface area (Å²) in [4.78, 5) is 16.3. The van der Waals surface area contributed by atoms with Crippen molar-refractivity contribution in [3.8, 4) is 0 Å². The van der Waals surface area contributed by atoms with Gasteiger partial charge in [-0.3, -0.25) is 4.79 Å². The van der Waals surface area contributed by atoms with Crippen molar-refractivity contribution in [2.45, 2.75) is 40.5 Å². The Bertz CT molecular complexity index is 626. The molecule has 5 heteroatoms. The number of hydrogen-bond acceptors (Lipinski definition) is 4. The molecule has 0 saturated carbocycles. The van der Waals surface area contributed by atoms with Crippen LogP contribution >= 0.6 is 0 Å². The molecule has 0 unspecified atom stereocenters. The number of anilines is 1. The number of carbonyl (C=O) groups excluding carboxylic acids is 1. The number of amides is 1. The predicted molar refractivity (Wildman–Crippen MR) is 81.0 cm³/mol. The molecule has 2 rings (SSSR count). The van der Waals surface area contributed by atoms with Crippen LogP contribution in [0.15, 0.2) is 28.8 Å². The third kappa shape index (κ3) is 4.70. The summed E-state index contributed by atoms with van der Waals surface area (Å²) in [6, 6.07) is 7.67. The first-order chi connectivity index (χ1) is 9.83. The lowest BCUT2D eigenvalue weighted by Crippen LogP contribution is -2.20. The Balaban J connectivity index is 2.11. The van der Waals surface area contributed by atoms with Gasteiger partial charge in [-0.1, -0.05) is 44.1 Å². The number of aryl methyl sites for hydroxylation is 1. The highest BCUT2D eigenvalue weighted by Gasteiger charge is 2.17. The van der Waals surface area contributed by atoms with Crippen molar-refractivity contribution in [1.82, 2.24) is 10.1 Å². The summed E-state index contributed by atoms with van der Waals surface area (Å²) < 4.78 is 5.13. The summed E-state index contributed by atoms with van der Waals surface area (Å²) in [6.45, 7) is 7.91. The first-order valence-corrected chi connectivity index (χ1v) is 7.00. The smallest absolute Gasteiger partial charge is 0.231 e. The first-order valence-electron chi connectivity index (χ1n) is 7.00. The number of benzene rings is 1. The van der Waals surface area contributed by atoms with Crippen molar-refractivity contribution < 1.29 is 9.32 Å².